The summed E-state index contributed by atoms with van der Waals surface area (Å²) in [5.74, 6) is 0. The molecule has 0 aliphatic rings. The molecule has 0 radical (unpaired) electrons. The van der Waals surface area contributed by atoms with Gasteiger partial charge in [-0.05, 0) is 22.9 Å². The van der Waals surface area contributed by atoms with Gasteiger partial charge in [-0.1, -0.05) is 18.2 Å². The Labute approximate surface area is 77.7 Å². The molecule has 12 heavy (non-hydrogen) atoms. The number of carbonyl (C=O) groups is 1. The Kier molecular flexibility index (Phi) is 3.83. The molecule has 1 aromatic rings. The zero-order valence-electron chi connectivity index (χ0n) is 5.97. The Bertz CT molecular complexity index is 250. The molecular weight excluding hydrogens is 196 g/mol. The molecule has 1 N–H and O–H groups in total. The zero-order chi connectivity index (χ0) is 8.81. The standard InChI is InChI=1S/C7H6O3S2/c8-7(9)10-12-11-6-4-2-1-3-5-6/h1-5H,(H,8,9). The predicted octanol–water partition coefficient (Wildman–Crippen LogP) is 3.04. The summed E-state index contributed by atoms with van der Waals surface area (Å²) in [4.78, 5) is 10.9. The maximum atomic E-state index is 9.93. The largest absolute Gasteiger partial charge is 0.519 e. The summed E-state index contributed by atoms with van der Waals surface area (Å²) in [6.45, 7) is 0. The minimum absolute atomic E-state index is 0.832. The molecule has 5 heteroatoms. The van der Waals surface area contributed by atoms with Crippen molar-refractivity contribution in [1.82, 2.24) is 0 Å². The van der Waals surface area contributed by atoms with Crippen LogP contribution in [-0.2, 0) is 4.18 Å². The van der Waals surface area contributed by atoms with E-state index in [4.69, 9.17) is 5.11 Å². The average molecular weight is 202 g/mol. The topological polar surface area (TPSA) is 46.5 Å². The van der Waals surface area contributed by atoms with E-state index in [1.807, 2.05) is 30.3 Å². The number of hydrogen-bond acceptors (Lipinski definition) is 4. The second kappa shape index (κ2) is 4.95. The van der Waals surface area contributed by atoms with Crippen LogP contribution < -0.4 is 0 Å². The van der Waals surface area contributed by atoms with Gasteiger partial charge < -0.3 is 9.29 Å². The number of hydrogen-bond donors (Lipinski definition) is 1. The van der Waals surface area contributed by atoms with Crippen LogP contribution in [0.4, 0.5) is 4.79 Å². The van der Waals surface area contributed by atoms with Crippen molar-refractivity contribution in [2.75, 3.05) is 0 Å². The highest BCUT2D eigenvalue weighted by molar-refractivity contribution is 8.75. The van der Waals surface area contributed by atoms with Crippen LogP contribution in [0.15, 0.2) is 35.2 Å². The van der Waals surface area contributed by atoms with Crippen molar-refractivity contribution in [3.63, 3.8) is 0 Å². The Morgan fingerprint density at radius 2 is 2.00 bits per heavy atom. The molecule has 3 nitrogen and oxygen atoms in total. The van der Waals surface area contributed by atoms with Crippen LogP contribution in [0, 0.1) is 0 Å². The van der Waals surface area contributed by atoms with Crippen molar-refractivity contribution < 1.29 is 14.1 Å². The van der Waals surface area contributed by atoms with E-state index >= 15 is 0 Å². The first kappa shape index (κ1) is 9.28. The maximum absolute atomic E-state index is 9.93. The summed E-state index contributed by atoms with van der Waals surface area (Å²) in [7, 11) is 1.26. The van der Waals surface area contributed by atoms with Crippen molar-refractivity contribution in [2.45, 2.75) is 4.90 Å². The van der Waals surface area contributed by atoms with Crippen LogP contribution in [-0.4, -0.2) is 11.3 Å². The van der Waals surface area contributed by atoms with E-state index in [1.165, 1.54) is 10.8 Å². The average Bonchev–Trinajstić information content (AvgIpc) is 2.05. The van der Waals surface area contributed by atoms with Gasteiger partial charge in [-0.2, -0.15) is 0 Å². The summed E-state index contributed by atoms with van der Waals surface area (Å²) in [5.41, 5.74) is 0. The van der Waals surface area contributed by atoms with Crippen molar-refractivity contribution in [1.29, 1.82) is 0 Å². The molecule has 0 saturated carbocycles. The molecule has 64 valence electrons. The van der Waals surface area contributed by atoms with Crippen LogP contribution in [0.3, 0.4) is 0 Å². The summed E-state index contributed by atoms with van der Waals surface area (Å²) < 4.78 is 4.24. The smallest absolute Gasteiger partial charge is 0.449 e. The highest BCUT2D eigenvalue weighted by atomic mass is 33.1. The van der Waals surface area contributed by atoms with Crippen molar-refractivity contribution >= 4 is 28.0 Å². The highest BCUT2D eigenvalue weighted by Crippen LogP contribution is 2.31. The van der Waals surface area contributed by atoms with E-state index < -0.39 is 6.16 Å². The second-order valence-corrected chi connectivity index (χ2v) is 3.66. The van der Waals surface area contributed by atoms with Gasteiger partial charge in [-0.25, -0.2) is 4.79 Å². The third kappa shape index (κ3) is 3.54. The Balaban J connectivity index is 2.29. The van der Waals surface area contributed by atoms with Crippen molar-refractivity contribution in [3.05, 3.63) is 30.3 Å². The lowest BCUT2D eigenvalue weighted by molar-refractivity contribution is 0.153. The molecule has 0 amide bonds. The maximum Gasteiger partial charge on any atom is 0.519 e. The second-order valence-electron chi connectivity index (χ2n) is 1.81. The van der Waals surface area contributed by atoms with E-state index in [-0.39, 0.29) is 0 Å². The van der Waals surface area contributed by atoms with Gasteiger partial charge in [0, 0.05) is 4.90 Å². The molecule has 0 spiro atoms. The summed E-state index contributed by atoms with van der Waals surface area (Å²) >= 11 is 0.832. The summed E-state index contributed by atoms with van der Waals surface area (Å²) in [6.07, 6.45) is -1.27. The molecular formula is C7H6O3S2. The minimum Gasteiger partial charge on any atom is -0.449 e. The SMILES string of the molecule is O=C(O)OSSc1ccccc1. The Hall–Kier alpha value is -0.810. The number of rotatable bonds is 3. The lowest BCUT2D eigenvalue weighted by Crippen LogP contribution is -1.88. The van der Waals surface area contributed by atoms with E-state index in [0.29, 0.717) is 0 Å². The van der Waals surface area contributed by atoms with Gasteiger partial charge in [-0.15, -0.1) is 0 Å². The lowest BCUT2D eigenvalue weighted by Gasteiger charge is -1.96. The van der Waals surface area contributed by atoms with Crippen LogP contribution >= 0.6 is 21.9 Å². The molecule has 0 aromatic heterocycles. The van der Waals surface area contributed by atoms with Crippen LogP contribution in [0.5, 0.6) is 0 Å². The lowest BCUT2D eigenvalue weighted by atomic mass is 10.4. The van der Waals surface area contributed by atoms with Gasteiger partial charge in [0.25, 0.3) is 0 Å². The quantitative estimate of drug-likeness (QED) is 0.603. The van der Waals surface area contributed by atoms with Gasteiger partial charge in [0.15, 0.2) is 0 Å². The summed E-state index contributed by atoms with van der Waals surface area (Å²) in [6, 6.07) is 9.41. The third-order valence-electron chi connectivity index (χ3n) is 0.979. The fourth-order valence-corrected chi connectivity index (χ4v) is 1.85. The fourth-order valence-electron chi connectivity index (χ4n) is 0.561. The highest BCUT2D eigenvalue weighted by Gasteiger charge is 1.98. The van der Waals surface area contributed by atoms with Crippen molar-refractivity contribution in [2.24, 2.45) is 0 Å². The first-order chi connectivity index (χ1) is 5.79. The molecule has 0 fully saturated rings. The Morgan fingerprint density at radius 3 is 2.58 bits per heavy atom. The van der Waals surface area contributed by atoms with Gasteiger partial charge >= 0.3 is 6.16 Å². The molecule has 0 heterocycles. The molecule has 0 aliphatic heterocycles. The normalized spacial score (nSPS) is 9.33. The van der Waals surface area contributed by atoms with Crippen LogP contribution in [0.1, 0.15) is 0 Å². The van der Waals surface area contributed by atoms with E-state index in [9.17, 15) is 4.79 Å². The van der Waals surface area contributed by atoms with Crippen molar-refractivity contribution in [3.8, 4) is 0 Å². The van der Waals surface area contributed by atoms with E-state index in [1.54, 1.807) is 0 Å². The van der Waals surface area contributed by atoms with Gasteiger partial charge in [-0.3, -0.25) is 0 Å². The van der Waals surface area contributed by atoms with Gasteiger partial charge in [0.1, 0.15) is 11.1 Å². The predicted molar refractivity (Wildman–Crippen MR) is 49.0 cm³/mol. The van der Waals surface area contributed by atoms with E-state index in [0.717, 1.165) is 16.0 Å². The molecule has 1 aromatic carbocycles. The van der Waals surface area contributed by atoms with Gasteiger partial charge in [0.05, 0.1) is 0 Å². The molecule has 1 rings (SSSR count). The minimum atomic E-state index is -1.27. The fraction of sp³-hybridized carbons (Fsp3) is 0. The third-order valence-corrected chi connectivity index (χ3v) is 2.71. The van der Waals surface area contributed by atoms with E-state index in [2.05, 4.69) is 4.18 Å². The summed E-state index contributed by atoms with van der Waals surface area (Å²) in [5, 5.41) is 8.14. The van der Waals surface area contributed by atoms with Gasteiger partial charge in [0.2, 0.25) is 0 Å². The molecule has 0 atom stereocenters. The zero-order valence-corrected chi connectivity index (χ0v) is 7.60. The molecule has 0 bridgehead atoms. The molecule has 0 saturated heterocycles. The monoisotopic (exact) mass is 202 g/mol. The first-order valence-electron chi connectivity index (χ1n) is 3.08. The Morgan fingerprint density at radius 1 is 1.33 bits per heavy atom. The van der Waals surface area contributed by atoms with Crippen LogP contribution in [0.25, 0.3) is 0 Å². The molecule has 0 aliphatic carbocycles. The first-order valence-corrected chi connectivity index (χ1v) is 5.15. The number of benzene rings is 1. The number of carboxylic acid groups (broad SMARTS) is 1. The molecule has 0 unspecified atom stereocenters. The van der Waals surface area contributed by atoms with Crippen LogP contribution in [0.2, 0.25) is 0 Å².